The molecule has 6 nitrogen and oxygen atoms in total. The standard InChI is InChI=1S/C15H27N5O/c1-7-8-17-13(21)10(3)18-12-9(2)11(16)19-14(20-12)15(4,5)6/h10H,7-8H2,1-6H3,(H,17,21)(H3,16,18,19,20). The third kappa shape index (κ3) is 4.58. The number of carbonyl (C=O) groups excluding carboxylic acids is 1. The van der Waals surface area contributed by atoms with E-state index in [4.69, 9.17) is 5.73 Å². The van der Waals surface area contributed by atoms with Crippen LogP contribution in [-0.4, -0.2) is 28.5 Å². The number of nitrogen functional groups attached to an aromatic ring is 1. The lowest BCUT2D eigenvalue weighted by Crippen LogP contribution is -2.38. The van der Waals surface area contributed by atoms with Crippen LogP contribution in [0.3, 0.4) is 0 Å². The number of rotatable bonds is 5. The van der Waals surface area contributed by atoms with Gasteiger partial charge in [0.15, 0.2) is 0 Å². The number of hydrogen-bond acceptors (Lipinski definition) is 5. The summed E-state index contributed by atoms with van der Waals surface area (Å²) < 4.78 is 0. The maximum Gasteiger partial charge on any atom is 0.242 e. The van der Waals surface area contributed by atoms with Gasteiger partial charge in [0.05, 0.1) is 0 Å². The van der Waals surface area contributed by atoms with Gasteiger partial charge < -0.3 is 16.4 Å². The zero-order valence-corrected chi connectivity index (χ0v) is 13.9. The summed E-state index contributed by atoms with van der Waals surface area (Å²) in [4.78, 5) is 20.8. The van der Waals surface area contributed by atoms with Crippen LogP contribution >= 0.6 is 0 Å². The highest BCUT2D eigenvalue weighted by atomic mass is 16.2. The van der Waals surface area contributed by atoms with Gasteiger partial charge in [0.2, 0.25) is 5.91 Å². The third-order valence-corrected chi connectivity index (χ3v) is 3.15. The lowest BCUT2D eigenvalue weighted by atomic mass is 9.95. The average molecular weight is 293 g/mol. The molecule has 118 valence electrons. The van der Waals surface area contributed by atoms with Crippen molar-refractivity contribution in [1.29, 1.82) is 0 Å². The van der Waals surface area contributed by atoms with Crippen LogP contribution in [0.4, 0.5) is 11.6 Å². The summed E-state index contributed by atoms with van der Waals surface area (Å²) in [5.74, 6) is 1.67. The van der Waals surface area contributed by atoms with E-state index in [-0.39, 0.29) is 17.4 Å². The molecule has 0 fully saturated rings. The van der Waals surface area contributed by atoms with Crippen molar-refractivity contribution in [3.05, 3.63) is 11.4 Å². The number of amides is 1. The van der Waals surface area contributed by atoms with Crippen molar-refractivity contribution < 1.29 is 4.79 Å². The predicted molar refractivity (Wildman–Crippen MR) is 86.3 cm³/mol. The van der Waals surface area contributed by atoms with Crippen molar-refractivity contribution >= 4 is 17.5 Å². The predicted octanol–water partition coefficient (Wildman–Crippen LogP) is 1.99. The van der Waals surface area contributed by atoms with E-state index in [1.54, 1.807) is 6.92 Å². The molecular formula is C15H27N5O. The van der Waals surface area contributed by atoms with Crippen molar-refractivity contribution in [2.45, 2.75) is 59.4 Å². The Morgan fingerprint density at radius 1 is 1.33 bits per heavy atom. The summed E-state index contributed by atoms with van der Waals surface area (Å²) in [5, 5.41) is 5.98. The van der Waals surface area contributed by atoms with Crippen LogP contribution in [0, 0.1) is 6.92 Å². The van der Waals surface area contributed by atoms with Crippen LogP contribution in [-0.2, 0) is 10.2 Å². The molecule has 6 heteroatoms. The van der Waals surface area contributed by atoms with E-state index in [0.717, 1.165) is 12.0 Å². The van der Waals surface area contributed by atoms with Crippen molar-refractivity contribution in [3.8, 4) is 0 Å². The van der Waals surface area contributed by atoms with Gasteiger partial charge in [-0.3, -0.25) is 4.79 Å². The van der Waals surface area contributed by atoms with Gasteiger partial charge in [0.1, 0.15) is 23.5 Å². The molecule has 1 aromatic heterocycles. The van der Waals surface area contributed by atoms with Gasteiger partial charge in [-0.15, -0.1) is 0 Å². The second kappa shape index (κ2) is 6.74. The Balaban J connectivity index is 2.97. The van der Waals surface area contributed by atoms with Gasteiger partial charge in [-0.1, -0.05) is 27.7 Å². The number of nitrogens with zero attached hydrogens (tertiary/aromatic N) is 2. The minimum absolute atomic E-state index is 0.0502. The highest BCUT2D eigenvalue weighted by Crippen LogP contribution is 2.25. The van der Waals surface area contributed by atoms with Crippen LogP contribution in [0.5, 0.6) is 0 Å². The Labute approximate surface area is 126 Å². The van der Waals surface area contributed by atoms with E-state index < -0.39 is 0 Å². The van der Waals surface area contributed by atoms with E-state index >= 15 is 0 Å². The fourth-order valence-electron chi connectivity index (χ4n) is 1.68. The molecule has 0 aromatic carbocycles. The van der Waals surface area contributed by atoms with Gasteiger partial charge in [-0.25, -0.2) is 9.97 Å². The molecule has 4 N–H and O–H groups in total. The fourth-order valence-corrected chi connectivity index (χ4v) is 1.68. The number of nitrogens with two attached hydrogens (primary N) is 1. The highest BCUT2D eigenvalue weighted by Gasteiger charge is 2.22. The highest BCUT2D eigenvalue weighted by molar-refractivity contribution is 5.84. The number of hydrogen-bond donors (Lipinski definition) is 3. The summed E-state index contributed by atoms with van der Waals surface area (Å²) >= 11 is 0. The maximum atomic E-state index is 11.9. The molecule has 1 amide bonds. The van der Waals surface area contributed by atoms with E-state index in [1.807, 2.05) is 34.6 Å². The second-order valence-corrected chi connectivity index (χ2v) is 6.31. The number of nitrogens with one attached hydrogen (secondary N) is 2. The van der Waals surface area contributed by atoms with Gasteiger partial charge >= 0.3 is 0 Å². The van der Waals surface area contributed by atoms with Crippen molar-refractivity contribution in [3.63, 3.8) is 0 Å². The van der Waals surface area contributed by atoms with E-state index in [1.165, 1.54) is 0 Å². The first-order chi connectivity index (χ1) is 9.66. The molecule has 1 aromatic rings. The van der Waals surface area contributed by atoms with Gasteiger partial charge in [0.25, 0.3) is 0 Å². The molecule has 1 heterocycles. The SMILES string of the molecule is CCCNC(=O)C(C)Nc1nc(C(C)(C)C)nc(N)c1C. The molecule has 1 atom stereocenters. The molecule has 0 aliphatic heterocycles. The molecule has 21 heavy (non-hydrogen) atoms. The molecule has 0 saturated carbocycles. The Kier molecular flexibility index (Phi) is 5.52. The Morgan fingerprint density at radius 3 is 2.48 bits per heavy atom. The van der Waals surface area contributed by atoms with E-state index in [0.29, 0.717) is 24.0 Å². The lowest BCUT2D eigenvalue weighted by molar-refractivity contribution is -0.121. The molecule has 0 saturated heterocycles. The fraction of sp³-hybridized carbons (Fsp3) is 0.667. The minimum atomic E-state index is -0.377. The molecule has 0 bridgehead atoms. The van der Waals surface area contributed by atoms with Crippen molar-refractivity contribution in [2.24, 2.45) is 0 Å². The summed E-state index contributed by atoms with van der Waals surface area (Å²) in [6, 6.07) is -0.377. The normalized spacial score (nSPS) is 12.9. The summed E-state index contributed by atoms with van der Waals surface area (Å²) in [7, 11) is 0. The summed E-state index contributed by atoms with van der Waals surface area (Å²) in [5.41, 5.74) is 6.52. The van der Waals surface area contributed by atoms with Crippen LogP contribution in [0.1, 0.15) is 52.4 Å². The topological polar surface area (TPSA) is 92.9 Å². The molecule has 0 aliphatic rings. The minimum Gasteiger partial charge on any atom is -0.383 e. The van der Waals surface area contributed by atoms with Crippen molar-refractivity contribution in [2.75, 3.05) is 17.6 Å². The molecule has 1 unspecified atom stereocenters. The van der Waals surface area contributed by atoms with Crippen LogP contribution < -0.4 is 16.4 Å². The number of anilines is 2. The summed E-state index contributed by atoms with van der Waals surface area (Å²) in [6.45, 7) is 12.4. The van der Waals surface area contributed by atoms with Crippen LogP contribution in [0.2, 0.25) is 0 Å². The summed E-state index contributed by atoms with van der Waals surface area (Å²) in [6.07, 6.45) is 0.909. The smallest absolute Gasteiger partial charge is 0.242 e. The van der Waals surface area contributed by atoms with Gasteiger partial charge in [-0.2, -0.15) is 0 Å². The largest absolute Gasteiger partial charge is 0.383 e. The Morgan fingerprint density at radius 2 is 1.95 bits per heavy atom. The zero-order chi connectivity index (χ0) is 16.2. The van der Waals surface area contributed by atoms with E-state index in [9.17, 15) is 4.79 Å². The maximum absolute atomic E-state index is 11.9. The number of aromatic nitrogens is 2. The van der Waals surface area contributed by atoms with Gasteiger partial charge in [0, 0.05) is 17.5 Å². The monoisotopic (exact) mass is 293 g/mol. The lowest BCUT2D eigenvalue weighted by Gasteiger charge is -2.21. The molecule has 0 aliphatic carbocycles. The quantitative estimate of drug-likeness (QED) is 0.772. The van der Waals surface area contributed by atoms with Crippen LogP contribution in [0.25, 0.3) is 0 Å². The molecular weight excluding hydrogens is 266 g/mol. The van der Waals surface area contributed by atoms with E-state index in [2.05, 4.69) is 20.6 Å². The Bertz CT molecular complexity index is 508. The average Bonchev–Trinajstić information content (AvgIpc) is 2.39. The molecule has 1 rings (SSSR count). The number of carbonyl (C=O) groups is 1. The Hall–Kier alpha value is -1.85. The van der Waals surface area contributed by atoms with Crippen molar-refractivity contribution in [1.82, 2.24) is 15.3 Å². The molecule has 0 radical (unpaired) electrons. The van der Waals surface area contributed by atoms with Gasteiger partial charge in [-0.05, 0) is 20.3 Å². The first-order valence-electron chi connectivity index (χ1n) is 7.35. The van der Waals surface area contributed by atoms with Crippen LogP contribution in [0.15, 0.2) is 0 Å². The zero-order valence-electron chi connectivity index (χ0n) is 13.9. The third-order valence-electron chi connectivity index (χ3n) is 3.15. The first kappa shape index (κ1) is 17.2. The first-order valence-corrected chi connectivity index (χ1v) is 7.35. The second-order valence-electron chi connectivity index (χ2n) is 6.31. The molecule has 0 spiro atoms.